The fraction of sp³-hybridized carbons (Fsp3) is 0.458. The Morgan fingerprint density at radius 3 is 2.76 bits per heavy atom. The predicted molar refractivity (Wildman–Crippen MR) is 133 cm³/mol. The Balaban J connectivity index is 1.74. The molecule has 10 heteroatoms. The molecule has 4 rings (SSSR count). The van der Waals surface area contributed by atoms with Gasteiger partial charge in [-0.1, -0.05) is 44.1 Å². The van der Waals surface area contributed by atoms with E-state index in [1.54, 1.807) is 25.4 Å². The van der Waals surface area contributed by atoms with Gasteiger partial charge in [0.15, 0.2) is 16.7 Å². The van der Waals surface area contributed by atoms with Gasteiger partial charge in [-0.25, -0.2) is 14.4 Å². The van der Waals surface area contributed by atoms with Gasteiger partial charge in [-0.05, 0) is 12.5 Å². The number of halogens is 2. The van der Waals surface area contributed by atoms with Crippen LogP contribution in [0, 0.1) is 11.3 Å². The van der Waals surface area contributed by atoms with E-state index in [4.69, 9.17) is 26.1 Å². The third kappa shape index (κ3) is 5.40. The van der Waals surface area contributed by atoms with Crippen LogP contribution in [-0.2, 0) is 0 Å². The number of aromatic nitrogens is 3. The summed E-state index contributed by atoms with van der Waals surface area (Å²) in [4.78, 5) is 14.5. The molecular weight excluding hydrogens is 477 g/mol. The number of H-pyrrole nitrogens is 1. The molecule has 0 radical (unpaired) electrons. The van der Waals surface area contributed by atoms with Crippen molar-refractivity contribution in [2.45, 2.75) is 43.3 Å². The molecule has 0 amide bonds. The minimum atomic E-state index is -0.771. The zero-order valence-electron chi connectivity index (χ0n) is 19.6. The van der Waals surface area contributed by atoms with Crippen molar-refractivity contribution < 1.29 is 13.9 Å². The molecule has 1 N–H and O–H groups in total. The van der Waals surface area contributed by atoms with Crippen LogP contribution in [0.3, 0.4) is 0 Å². The zero-order chi connectivity index (χ0) is 24.5. The first kappa shape index (κ1) is 24.6. The molecule has 0 bridgehead atoms. The standard InChI is InChI=1S/C24H27ClFN5O2S/c1-24(2,3)34-23-29-21(20-14(11-27)12-28-22(20)30-23)16-9-19(18(32-4)10-17(16)25)33-8-7-31-6-5-15(26)13-31/h9-10,12,15H,5-8,13H2,1-4H3,(H,28,29,30)/t15-/m1/s1. The summed E-state index contributed by atoms with van der Waals surface area (Å²) in [5, 5.41) is 11.3. The minimum Gasteiger partial charge on any atom is -0.493 e. The highest BCUT2D eigenvalue weighted by Gasteiger charge is 2.24. The van der Waals surface area contributed by atoms with Gasteiger partial charge in [-0.3, -0.25) is 4.90 Å². The van der Waals surface area contributed by atoms with E-state index in [9.17, 15) is 9.65 Å². The highest BCUT2D eigenvalue weighted by molar-refractivity contribution is 8.00. The molecule has 1 aromatic carbocycles. The molecule has 0 spiro atoms. The number of benzene rings is 1. The van der Waals surface area contributed by atoms with Gasteiger partial charge in [0.25, 0.3) is 0 Å². The molecule has 3 heterocycles. The summed E-state index contributed by atoms with van der Waals surface area (Å²) in [5.41, 5.74) is 2.16. The van der Waals surface area contributed by atoms with Gasteiger partial charge in [0.2, 0.25) is 0 Å². The molecule has 1 fully saturated rings. The van der Waals surface area contributed by atoms with Crippen LogP contribution in [-0.4, -0.2) is 64.1 Å². The molecule has 1 aliphatic heterocycles. The predicted octanol–water partition coefficient (Wildman–Crippen LogP) is 5.47. The first-order valence-corrected chi connectivity index (χ1v) is 12.2. The number of fused-ring (bicyclic) bond motifs is 1. The van der Waals surface area contributed by atoms with Crippen LogP contribution >= 0.6 is 23.4 Å². The first-order chi connectivity index (χ1) is 16.2. The van der Waals surface area contributed by atoms with Crippen LogP contribution in [0.4, 0.5) is 4.39 Å². The molecule has 1 atom stereocenters. The topological polar surface area (TPSA) is 87.1 Å². The number of methoxy groups -OCH3 is 1. The lowest BCUT2D eigenvalue weighted by atomic mass is 10.1. The summed E-state index contributed by atoms with van der Waals surface area (Å²) < 4.78 is 24.9. The van der Waals surface area contributed by atoms with E-state index in [-0.39, 0.29) is 4.75 Å². The lowest BCUT2D eigenvalue weighted by Crippen LogP contribution is -2.26. The number of alkyl halides is 1. The fourth-order valence-electron chi connectivity index (χ4n) is 3.88. The van der Waals surface area contributed by atoms with Crippen molar-refractivity contribution in [2.24, 2.45) is 0 Å². The molecular formula is C24H27ClFN5O2S. The van der Waals surface area contributed by atoms with E-state index in [1.165, 1.54) is 11.8 Å². The van der Waals surface area contributed by atoms with E-state index in [2.05, 4.69) is 36.8 Å². The number of hydrogen-bond donors (Lipinski definition) is 1. The van der Waals surface area contributed by atoms with Crippen LogP contribution in [0.15, 0.2) is 23.5 Å². The Morgan fingerprint density at radius 2 is 2.12 bits per heavy atom. The number of thioether (sulfide) groups is 1. The largest absolute Gasteiger partial charge is 0.493 e. The quantitative estimate of drug-likeness (QED) is 0.338. The Bertz CT molecular complexity index is 1240. The first-order valence-electron chi connectivity index (χ1n) is 11.0. The summed E-state index contributed by atoms with van der Waals surface area (Å²) >= 11 is 8.20. The number of hydrogen-bond acceptors (Lipinski definition) is 7. The second-order valence-corrected chi connectivity index (χ2v) is 11.3. The minimum absolute atomic E-state index is 0.109. The number of nitrogens with one attached hydrogen (secondary N) is 1. The lowest BCUT2D eigenvalue weighted by molar-refractivity contribution is 0.219. The average molecular weight is 504 g/mol. The van der Waals surface area contributed by atoms with Gasteiger partial charge in [0.05, 0.1) is 28.8 Å². The van der Waals surface area contributed by atoms with E-state index >= 15 is 0 Å². The second kappa shape index (κ2) is 9.98. The molecule has 0 saturated carbocycles. The van der Waals surface area contributed by atoms with E-state index in [0.717, 1.165) is 6.54 Å². The Morgan fingerprint density at radius 1 is 1.32 bits per heavy atom. The molecule has 0 unspecified atom stereocenters. The monoisotopic (exact) mass is 503 g/mol. The van der Waals surface area contributed by atoms with Crippen LogP contribution in [0.5, 0.6) is 11.5 Å². The number of aromatic amines is 1. The van der Waals surface area contributed by atoms with Crippen molar-refractivity contribution in [3.05, 3.63) is 28.9 Å². The van der Waals surface area contributed by atoms with Crippen molar-refractivity contribution in [1.29, 1.82) is 5.26 Å². The molecule has 34 heavy (non-hydrogen) atoms. The fourth-order valence-corrected chi connectivity index (χ4v) is 4.94. The Labute approximate surface area is 207 Å². The van der Waals surface area contributed by atoms with Crippen molar-refractivity contribution in [2.75, 3.05) is 33.4 Å². The van der Waals surface area contributed by atoms with Gasteiger partial charge in [-0.15, -0.1) is 0 Å². The van der Waals surface area contributed by atoms with E-state index < -0.39 is 6.17 Å². The number of nitrogens with zero attached hydrogens (tertiary/aromatic N) is 4. The van der Waals surface area contributed by atoms with E-state index in [1.807, 2.05) is 4.90 Å². The van der Waals surface area contributed by atoms with Crippen LogP contribution in [0.1, 0.15) is 32.8 Å². The Hall–Kier alpha value is -2.54. The van der Waals surface area contributed by atoms with Gasteiger partial charge in [0.1, 0.15) is 24.5 Å². The molecule has 0 aliphatic carbocycles. The van der Waals surface area contributed by atoms with E-state index in [0.29, 0.717) is 75.6 Å². The summed E-state index contributed by atoms with van der Waals surface area (Å²) in [7, 11) is 1.55. The zero-order valence-corrected chi connectivity index (χ0v) is 21.2. The number of likely N-dealkylation sites (tertiary alicyclic amines) is 1. The molecule has 7 nitrogen and oxygen atoms in total. The summed E-state index contributed by atoms with van der Waals surface area (Å²) in [5.74, 6) is 0.992. The smallest absolute Gasteiger partial charge is 0.190 e. The maximum absolute atomic E-state index is 13.5. The van der Waals surface area contributed by atoms with Gasteiger partial charge < -0.3 is 14.5 Å². The number of ether oxygens (including phenoxy) is 2. The summed E-state index contributed by atoms with van der Waals surface area (Å²) in [6, 6.07) is 5.67. The number of nitriles is 1. The van der Waals surface area contributed by atoms with Gasteiger partial charge in [0, 0.05) is 42.2 Å². The molecule has 1 saturated heterocycles. The highest BCUT2D eigenvalue weighted by atomic mass is 35.5. The molecule has 3 aromatic rings. The maximum Gasteiger partial charge on any atom is 0.190 e. The molecule has 1 aliphatic rings. The lowest BCUT2D eigenvalue weighted by Gasteiger charge is -2.18. The highest BCUT2D eigenvalue weighted by Crippen LogP contribution is 2.42. The molecule has 2 aromatic heterocycles. The second-order valence-electron chi connectivity index (χ2n) is 9.12. The van der Waals surface area contributed by atoms with Crippen molar-refractivity contribution >= 4 is 34.4 Å². The van der Waals surface area contributed by atoms with Crippen molar-refractivity contribution in [1.82, 2.24) is 19.9 Å². The van der Waals surface area contributed by atoms with Crippen LogP contribution < -0.4 is 9.47 Å². The van der Waals surface area contributed by atoms with Crippen LogP contribution in [0.2, 0.25) is 5.02 Å². The third-order valence-electron chi connectivity index (χ3n) is 5.42. The molecule has 180 valence electrons. The van der Waals surface area contributed by atoms with Crippen LogP contribution in [0.25, 0.3) is 22.3 Å². The summed E-state index contributed by atoms with van der Waals surface area (Å²) in [6.07, 6.45) is 1.41. The maximum atomic E-state index is 13.5. The average Bonchev–Trinajstić information content (AvgIpc) is 3.38. The number of rotatable bonds is 7. The third-order valence-corrected chi connectivity index (χ3v) is 6.71. The normalized spacial score (nSPS) is 16.7. The Kier molecular flexibility index (Phi) is 7.22. The van der Waals surface area contributed by atoms with Gasteiger partial charge in [-0.2, -0.15) is 5.26 Å². The summed E-state index contributed by atoms with van der Waals surface area (Å²) in [6.45, 7) is 8.40. The van der Waals surface area contributed by atoms with Crippen molar-refractivity contribution in [3.8, 4) is 28.8 Å². The van der Waals surface area contributed by atoms with Crippen molar-refractivity contribution in [3.63, 3.8) is 0 Å². The van der Waals surface area contributed by atoms with Gasteiger partial charge >= 0.3 is 0 Å². The SMILES string of the molecule is COc1cc(Cl)c(-c2nc(SC(C)(C)C)nc3[nH]cc(C#N)c23)cc1OCCN1CC[C@@H](F)C1.